The largest absolute Gasteiger partial charge is 0.493 e. The summed E-state index contributed by atoms with van der Waals surface area (Å²) in [6, 6.07) is 19.4. The van der Waals surface area contributed by atoms with Gasteiger partial charge >= 0.3 is 6.18 Å². The number of rotatable bonds is 12. The van der Waals surface area contributed by atoms with Crippen molar-refractivity contribution in [2.45, 2.75) is 12.7 Å². The molecule has 4 N–H and O–H groups in total. The Morgan fingerprint density at radius 2 is 1.77 bits per heavy atom. The molecule has 1 amide bonds. The summed E-state index contributed by atoms with van der Waals surface area (Å²) < 4.78 is 50.4. The van der Waals surface area contributed by atoms with Crippen LogP contribution in [-0.4, -0.2) is 59.4 Å². The van der Waals surface area contributed by atoms with Gasteiger partial charge in [0.15, 0.2) is 11.5 Å². The summed E-state index contributed by atoms with van der Waals surface area (Å²) in [7, 11) is 2.95. The number of methoxy groups -OCH3 is 2. The van der Waals surface area contributed by atoms with Crippen molar-refractivity contribution in [1.29, 1.82) is 5.41 Å². The van der Waals surface area contributed by atoms with Crippen molar-refractivity contribution in [1.82, 2.24) is 20.2 Å². The van der Waals surface area contributed by atoms with E-state index in [0.717, 1.165) is 34.2 Å². The average molecular weight is 661 g/mol. The number of nitrogens with one attached hydrogen (secondary N) is 4. The highest BCUT2D eigenvalue weighted by molar-refractivity contribution is 7.79. The Kier molecular flexibility index (Phi) is 10.0. The number of benzene rings is 3. The molecule has 0 saturated carbocycles. The second kappa shape index (κ2) is 14.3. The Balaban J connectivity index is 1.37. The number of hydrogen-bond donors (Lipinski definition) is 4. The number of carbonyl (C=O) groups is 1. The minimum atomic E-state index is -4.47. The predicted molar refractivity (Wildman–Crippen MR) is 179 cm³/mol. The van der Waals surface area contributed by atoms with Crippen molar-refractivity contribution in [2.24, 2.45) is 0 Å². The fourth-order valence-electron chi connectivity index (χ4n) is 5.09. The first kappa shape index (κ1) is 32.9. The standard InChI is InChI=1S/C34H31F3N6O3S/c1-45-30-16-26(28(41-20-47)17-31(30)46-2)32(38)43(19-21-5-8-25(9-6-21)34(35,36)37)13-12-40-33(44)29-15-24-14-22(7-10-27(24)42-29)23-4-3-11-39-18-23/h3-11,14-18,20,38,42H,12-13,19H2,1-2H3,(H,40,44)(H,41,47). The molecule has 5 aromatic rings. The second-order valence-electron chi connectivity index (χ2n) is 10.5. The summed E-state index contributed by atoms with van der Waals surface area (Å²) in [4.78, 5) is 22.1. The molecular weight excluding hydrogens is 629 g/mol. The molecule has 0 spiro atoms. The third-order valence-electron chi connectivity index (χ3n) is 7.49. The van der Waals surface area contributed by atoms with Crippen LogP contribution in [0, 0.1) is 5.41 Å². The number of amides is 1. The number of nitrogens with zero attached hydrogens (tertiary/aromatic N) is 2. The number of alkyl halides is 3. The lowest BCUT2D eigenvalue weighted by molar-refractivity contribution is -0.137. The number of aromatic amines is 1. The first-order chi connectivity index (χ1) is 22.6. The molecule has 0 aliphatic heterocycles. The van der Waals surface area contributed by atoms with Gasteiger partial charge in [0.25, 0.3) is 5.91 Å². The number of pyridine rings is 1. The van der Waals surface area contributed by atoms with Crippen LogP contribution in [0.15, 0.2) is 85.2 Å². The molecule has 47 heavy (non-hydrogen) atoms. The summed E-state index contributed by atoms with van der Waals surface area (Å²) in [5.41, 5.74) is 5.00. The number of H-pyrrole nitrogens is 1. The monoisotopic (exact) mass is 660 g/mol. The Morgan fingerprint density at radius 3 is 2.43 bits per heavy atom. The number of aromatic nitrogens is 2. The maximum Gasteiger partial charge on any atom is 0.416 e. The van der Waals surface area contributed by atoms with Gasteiger partial charge in [-0.3, -0.25) is 15.2 Å². The lowest BCUT2D eigenvalue weighted by atomic mass is 10.1. The molecule has 242 valence electrons. The highest BCUT2D eigenvalue weighted by atomic mass is 32.1. The molecule has 2 aromatic heterocycles. The molecule has 0 aliphatic rings. The molecule has 3 aromatic carbocycles. The summed E-state index contributed by atoms with van der Waals surface area (Å²) in [6.45, 7) is 0.367. The van der Waals surface area contributed by atoms with E-state index >= 15 is 0 Å². The molecule has 13 heteroatoms. The third kappa shape index (κ3) is 7.69. The van der Waals surface area contributed by atoms with Gasteiger partial charge in [0.1, 0.15) is 11.5 Å². The highest BCUT2D eigenvalue weighted by Crippen LogP contribution is 2.34. The van der Waals surface area contributed by atoms with Gasteiger partial charge in [0, 0.05) is 60.1 Å². The van der Waals surface area contributed by atoms with Crippen LogP contribution in [0.1, 0.15) is 27.2 Å². The van der Waals surface area contributed by atoms with E-state index in [1.807, 2.05) is 30.3 Å². The van der Waals surface area contributed by atoms with Gasteiger partial charge in [-0.15, -0.1) is 0 Å². The van der Waals surface area contributed by atoms with Gasteiger partial charge in [-0.05, 0) is 53.6 Å². The zero-order valence-electron chi connectivity index (χ0n) is 25.4. The first-order valence-electron chi connectivity index (χ1n) is 14.4. The Bertz CT molecular complexity index is 1900. The molecule has 9 nitrogen and oxygen atoms in total. The van der Waals surface area contributed by atoms with E-state index in [2.05, 4.69) is 20.6 Å². The molecule has 0 aliphatic carbocycles. The fraction of sp³-hybridized carbons (Fsp3) is 0.176. The topological polar surface area (TPSA) is 115 Å². The van der Waals surface area contributed by atoms with Crippen molar-refractivity contribution in [3.63, 3.8) is 0 Å². The van der Waals surface area contributed by atoms with Gasteiger partial charge in [-0.25, -0.2) is 0 Å². The van der Waals surface area contributed by atoms with Crippen LogP contribution in [0.2, 0.25) is 0 Å². The Hall–Kier alpha value is -5.43. The summed E-state index contributed by atoms with van der Waals surface area (Å²) in [5.74, 6) is 0.457. The van der Waals surface area contributed by atoms with Crippen LogP contribution in [-0.2, 0) is 12.7 Å². The smallest absolute Gasteiger partial charge is 0.416 e. The van der Waals surface area contributed by atoms with E-state index in [0.29, 0.717) is 34.0 Å². The quantitative estimate of drug-likeness (QED) is 0.0655. The average Bonchev–Trinajstić information content (AvgIpc) is 3.51. The van der Waals surface area contributed by atoms with Crippen LogP contribution in [0.5, 0.6) is 11.5 Å². The molecule has 0 fully saturated rings. The normalized spacial score (nSPS) is 11.2. The van der Waals surface area contributed by atoms with Gasteiger partial charge in [-0.1, -0.05) is 36.5 Å². The Labute approximate surface area is 274 Å². The summed E-state index contributed by atoms with van der Waals surface area (Å²) in [6.07, 6.45) is -0.999. The molecule has 0 radical (unpaired) electrons. The molecule has 2 heterocycles. The molecule has 0 unspecified atom stereocenters. The molecule has 0 atom stereocenters. The predicted octanol–water partition coefficient (Wildman–Crippen LogP) is 6.89. The number of thiocarbonyl (C=S) groups is 1. The van der Waals surface area contributed by atoms with Crippen LogP contribution >= 0.6 is 12.2 Å². The number of ether oxygens (including phenoxy) is 2. The van der Waals surface area contributed by atoms with Crippen LogP contribution in [0.3, 0.4) is 0 Å². The summed E-state index contributed by atoms with van der Waals surface area (Å²) >= 11 is 5.00. The fourth-order valence-corrected chi connectivity index (χ4v) is 5.21. The number of anilines is 1. The minimum Gasteiger partial charge on any atom is -0.493 e. The van der Waals surface area contributed by atoms with Gasteiger partial charge in [0.05, 0.1) is 31.0 Å². The number of amidine groups is 1. The second-order valence-corrected chi connectivity index (χ2v) is 10.7. The van der Waals surface area contributed by atoms with Crippen molar-refractivity contribution in [2.75, 3.05) is 32.6 Å². The zero-order chi connectivity index (χ0) is 33.6. The molecule has 0 saturated heterocycles. The Morgan fingerprint density at radius 1 is 1.02 bits per heavy atom. The lowest BCUT2D eigenvalue weighted by Gasteiger charge is -2.27. The first-order valence-corrected chi connectivity index (χ1v) is 14.9. The van der Waals surface area contributed by atoms with E-state index in [4.69, 9.17) is 27.1 Å². The SMILES string of the molecule is COc1cc(NC=S)c(C(=N)N(CCNC(=O)c2cc3cc(-c4cccnc4)ccc3[nH]2)Cc2ccc(C(F)(F)F)cc2)cc1OC. The maximum atomic E-state index is 13.2. The van der Waals surface area contributed by atoms with Crippen molar-refractivity contribution < 1.29 is 27.4 Å². The van der Waals surface area contributed by atoms with Gasteiger partial charge in [-0.2, -0.15) is 13.2 Å². The van der Waals surface area contributed by atoms with E-state index in [-0.39, 0.29) is 31.4 Å². The zero-order valence-corrected chi connectivity index (χ0v) is 26.3. The van der Waals surface area contributed by atoms with Crippen molar-refractivity contribution in [3.8, 4) is 22.6 Å². The molecular formula is C34H31F3N6O3S. The van der Waals surface area contributed by atoms with E-state index in [9.17, 15) is 18.0 Å². The lowest BCUT2D eigenvalue weighted by Crippen LogP contribution is -2.38. The van der Waals surface area contributed by atoms with Crippen LogP contribution in [0.4, 0.5) is 18.9 Å². The van der Waals surface area contributed by atoms with E-state index in [1.165, 1.54) is 31.8 Å². The third-order valence-corrected chi connectivity index (χ3v) is 7.61. The summed E-state index contributed by atoms with van der Waals surface area (Å²) in [5, 5.41) is 15.8. The van der Waals surface area contributed by atoms with Gasteiger partial charge in [0.2, 0.25) is 0 Å². The van der Waals surface area contributed by atoms with Crippen molar-refractivity contribution in [3.05, 3.63) is 108 Å². The van der Waals surface area contributed by atoms with E-state index < -0.39 is 11.7 Å². The molecule has 5 rings (SSSR count). The van der Waals surface area contributed by atoms with E-state index in [1.54, 1.807) is 35.5 Å². The highest BCUT2D eigenvalue weighted by Gasteiger charge is 2.30. The van der Waals surface area contributed by atoms with Crippen molar-refractivity contribution >= 4 is 46.0 Å². The van der Waals surface area contributed by atoms with Gasteiger partial charge < -0.3 is 30.0 Å². The number of hydrogen-bond acceptors (Lipinski definition) is 6. The number of fused-ring (bicyclic) bond motifs is 1. The molecule has 0 bridgehead atoms. The van der Waals surface area contributed by atoms with Crippen LogP contribution < -0.4 is 20.1 Å². The number of halogens is 3. The van der Waals surface area contributed by atoms with Crippen LogP contribution in [0.25, 0.3) is 22.0 Å². The number of carbonyl (C=O) groups excluding carboxylic acids is 1. The maximum absolute atomic E-state index is 13.2. The minimum absolute atomic E-state index is 0.0213.